The number of benzene rings is 1. The van der Waals surface area contributed by atoms with Gasteiger partial charge in [0.15, 0.2) is 0 Å². The number of aromatic nitrogens is 2. The maximum absolute atomic E-state index is 13.9. The number of nitrogens with zero attached hydrogens (tertiary/aromatic N) is 3. The number of carbonyl (C=O) groups excluding carboxylic acids is 2. The van der Waals surface area contributed by atoms with Gasteiger partial charge in [0.25, 0.3) is 11.8 Å². The molecule has 0 bridgehead atoms. The average Bonchev–Trinajstić information content (AvgIpc) is 2.67. The molecular formula is C19H21FN4O2. The predicted molar refractivity (Wildman–Crippen MR) is 94.2 cm³/mol. The molecule has 0 aliphatic carbocycles. The van der Waals surface area contributed by atoms with E-state index in [1.54, 1.807) is 30.1 Å². The quantitative estimate of drug-likeness (QED) is 0.910. The maximum Gasteiger partial charge on any atom is 0.269 e. The topological polar surface area (TPSA) is 75.2 Å². The molecule has 2 heterocycles. The van der Waals surface area contributed by atoms with Crippen molar-refractivity contribution in [2.24, 2.45) is 5.92 Å². The minimum atomic E-state index is -0.495. The lowest BCUT2D eigenvalue weighted by molar-refractivity contribution is 0.0668. The highest BCUT2D eigenvalue weighted by atomic mass is 19.1. The molecule has 1 aliphatic rings. The van der Waals surface area contributed by atoms with Gasteiger partial charge in [-0.3, -0.25) is 9.59 Å². The van der Waals surface area contributed by atoms with Crippen LogP contribution in [-0.2, 0) is 6.42 Å². The Bertz CT molecular complexity index is 812. The van der Waals surface area contributed by atoms with Crippen molar-refractivity contribution in [1.29, 1.82) is 0 Å². The number of amides is 2. The molecule has 2 aromatic rings. The van der Waals surface area contributed by atoms with Crippen molar-refractivity contribution in [3.05, 3.63) is 59.4 Å². The van der Waals surface area contributed by atoms with Crippen LogP contribution in [0.15, 0.2) is 36.7 Å². The van der Waals surface area contributed by atoms with Crippen molar-refractivity contribution >= 4 is 11.8 Å². The molecule has 1 unspecified atom stereocenters. The minimum absolute atomic E-state index is 0.108. The molecular weight excluding hydrogens is 335 g/mol. The molecule has 1 aromatic carbocycles. The second-order valence-corrected chi connectivity index (χ2v) is 6.42. The van der Waals surface area contributed by atoms with Crippen molar-refractivity contribution in [2.75, 3.05) is 20.1 Å². The fourth-order valence-corrected chi connectivity index (χ4v) is 3.28. The third-order valence-electron chi connectivity index (χ3n) is 4.59. The molecule has 2 amide bonds. The van der Waals surface area contributed by atoms with Gasteiger partial charge < -0.3 is 10.2 Å². The van der Waals surface area contributed by atoms with Crippen LogP contribution in [0.4, 0.5) is 4.39 Å². The third kappa shape index (κ3) is 4.04. The zero-order chi connectivity index (χ0) is 18.5. The van der Waals surface area contributed by atoms with Gasteiger partial charge in [-0.2, -0.15) is 0 Å². The highest BCUT2D eigenvalue weighted by Crippen LogP contribution is 2.22. The number of carbonyl (C=O) groups is 2. The second-order valence-electron chi connectivity index (χ2n) is 6.42. The SMILES string of the molecule is CNC(=O)c1cc(CC2CCCN(C(=O)c3ccccc3F)C2)ncn1. The molecule has 1 saturated heterocycles. The largest absolute Gasteiger partial charge is 0.354 e. The first-order valence-electron chi connectivity index (χ1n) is 8.65. The molecule has 0 radical (unpaired) electrons. The average molecular weight is 356 g/mol. The van der Waals surface area contributed by atoms with Crippen LogP contribution >= 0.6 is 0 Å². The number of rotatable bonds is 4. The molecule has 1 N–H and O–H groups in total. The first-order chi connectivity index (χ1) is 12.6. The Balaban J connectivity index is 1.68. The minimum Gasteiger partial charge on any atom is -0.354 e. The van der Waals surface area contributed by atoms with Gasteiger partial charge >= 0.3 is 0 Å². The molecule has 136 valence electrons. The Hall–Kier alpha value is -2.83. The second kappa shape index (κ2) is 8.03. The first kappa shape index (κ1) is 18.0. The smallest absolute Gasteiger partial charge is 0.269 e. The Morgan fingerprint density at radius 1 is 1.31 bits per heavy atom. The lowest BCUT2D eigenvalue weighted by Gasteiger charge is -2.32. The summed E-state index contributed by atoms with van der Waals surface area (Å²) in [5.41, 5.74) is 1.20. The number of nitrogens with one attached hydrogen (secondary N) is 1. The van der Waals surface area contributed by atoms with Crippen LogP contribution in [-0.4, -0.2) is 46.8 Å². The molecule has 1 fully saturated rings. The normalized spacial score (nSPS) is 17.0. The van der Waals surface area contributed by atoms with Crippen LogP contribution < -0.4 is 5.32 Å². The van der Waals surface area contributed by atoms with Gasteiger partial charge in [0.2, 0.25) is 0 Å². The van der Waals surface area contributed by atoms with Gasteiger partial charge in [-0.25, -0.2) is 14.4 Å². The number of hydrogen-bond acceptors (Lipinski definition) is 4. The molecule has 1 aliphatic heterocycles. The van der Waals surface area contributed by atoms with E-state index in [1.807, 2.05) is 0 Å². The van der Waals surface area contributed by atoms with Gasteiger partial charge in [-0.05, 0) is 43.4 Å². The van der Waals surface area contributed by atoms with E-state index >= 15 is 0 Å². The van der Waals surface area contributed by atoms with Crippen LogP contribution in [0.2, 0.25) is 0 Å². The van der Waals surface area contributed by atoms with E-state index in [0.29, 0.717) is 25.2 Å². The zero-order valence-corrected chi connectivity index (χ0v) is 14.6. The molecule has 6 nitrogen and oxygen atoms in total. The molecule has 0 spiro atoms. The Morgan fingerprint density at radius 3 is 2.88 bits per heavy atom. The van der Waals surface area contributed by atoms with E-state index in [1.165, 1.54) is 18.5 Å². The zero-order valence-electron chi connectivity index (χ0n) is 14.6. The monoisotopic (exact) mass is 356 g/mol. The van der Waals surface area contributed by atoms with Crippen molar-refractivity contribution < 1.29 is 14.0 Å². The van der Waals surface area contributed by atoms with Crippen LogP contribution in [0, 0.1) is 11.7 Å². The lowest BCUT2D eigenvalue weighted by Crippen LogP contribution is -2.41. The standard InChI is InChI=1S/C19H21FN4O2/c1-21-18(25)17-10-14(22-12-23-17)9-13-5-4-8-24(11-13)19(26)15-6-2-3-7-16(15)20/h2-3,6-7,10,12-13H,4-5,8-9,11H2,1H3,(H,21,25). The van der Waals surface area contributed by atoms with E-state index in [2.05, 4.69) is 15.3 Å². The molecule has 1 aromatic heterocycles. The third-order valence-corrected chi connectivity index (χ3v) is 4.59. The van der Waals surface area contributed by atoms with Crippen LogP contribution in [0.25, 0.3) is 0 Å². The summed E-state index contributed by atoms with van der Waals surface area (Å²) in [7, 11) is 1.55. The summed E-state index contributed by atoms with van der Waals surface area (Å²) in [5, 5.41) is 2.54. The fraction of sp³-hybridized carbons (Fsp3) is 0.368. The van der Waals surface area contributed by atoms with Gasteiger partial charge in [0.05, 0.1) is 5.56 Å². The summed E-state index contributed by atoms with van der Waals surface area (Å²) >= 11 is 0. The van der Waals surface area contributed by atoms with E-state index < -0.39 is 5.82 Å². The molecule has 26 heavy (non-hydrogen) atoms. The number of piperidine rings is 1. The molecule has 7 heteroatoms. The fourth-order valence-electron chi connectivity index (χ4n) is 3.28. The Labute approximate surface area is 151 Å². The highest BCUT2D eigenvalue weighted by Gasteiger charge is 2.26. The summed E-state index contributed by atoms with van der Waals surface area (Å²) in [6.07, 6.45) is 3.84. The number of hydrogen-bond donors (Lipinski definition) is 1. The van der Waals surface area contributed by atoms with Crippen molar-refractivity contribution in [2.45, 2.75) is 19.3 Å². The summed E-state index contributed by atoms with van der Waals surface area (Å²) < 4.78 is 13.9. The summed E-state index contributed by atoms with van der Waals surface area (Å²) in [6.45, 7) is 1.17. The van der Waals surface area contributed by atoms with Crippen molar-refractivity contribution in [3.63, 3.8) is 0 Å². The van der Waals surface area contributed by atoms with E-state index in [9.17, 15) is 14.0 Å². The summed E-state index contributed by atoms with van der Waals surface area (Å²) in [6, 6.07) is 7.73. The van der Waals surface area contributed by atoms with Gasteiger partial charge in [0.1, 0.15) is 17.8 Å². The van der Waals surface area contributed by atoms with Crippen LogP contribution in [0.3, 0.4) is 0 Å². The molecule has 0 saturated carbocycles. The number of halogens is 1. The maximum atomic E-state index is 13.9. The summed E-state index contributed by atoms with van der Waals surface area (Å²) in [4.78, 5) is 34.2. The molecule has 1 atom stereocenters. The Morgan fingerprint density at radius 2 is 2.12 bits per heavy atom. The Kier molecular flexibility index (Phi) is 5.55. The van der Waals surface area contributed by atoms with E-state index in [-0.39, 0.29) is 23.3 Å². The van der Waals surface area contributed by atoms with Gasteiger partial charge in [-0.1, -0.05) is 12.1 Å². The van der Waals surface area contributed by atoms with Gasteiger partial charge in [-0.15, -0.1) is 0 Å². The van der Waals surface area contributed by atoms with Crippen LogP contribution in [0.1, 0.15) is 39.4 Å². The molecule has 3 rings (SSSR count). The summed E-state index contributed by atoms with van der Waals surface area (Å²) in [5.74, 6) is -0.812. The van der Waals surface area contributed by atoms with E-state index in [0.717, 1.165) is 18.5 Å². The van der Waals surface area contributed by atoms with Crippen molar-refractivity contribution in [3.8, 4) is 0 Å². The van der Waals surface area contributed by atoms with Crippen LogP contribution in [0.5, 0.6) is 0 Å². The highest BCUT2D eigenvalue weighted by molar-refractivity contribution is 5.94. The predicted octanol–water partition coefficient (Wildman–Crippen LogP) is 2.07. The number of likely N-dealkylation sites (tertiary alicyclic amines) is 1. The van der Waals surface area contributed by atoms with Gasteiger partial charge in [0, 0.05) is 25.8 Å². The van der Waals surface area contributed by atoms with Crippen molar-refractivity contribution in [1.82, 2.24) is 20.2 Å². The van der Waals surface area contributed by atoms with E-state index in [4.69, 9.17) is 0 Å². The first-order valence-corrected chi connectivity index (χ1v) is 8.65. The lowest BCUT2D eigenvalue weighted by atomic mass is 9.92.